The van der Waals surface area contributed by atoms with E-state index in [4.69, 9.17) is 11.6 Å². The number of hydrogen-bond acceptors (Lipinski definition) is 3. The van der Waals surface area contributed by atoms with Crippen LogP contribution >= 0.6 is 11.6 Å². The van der Waals surface area contributed by atoms with Gasteiger partial charge in [0.2, 0.25) is 0 Å². The van der Waals surface area contributed by atoms with Crippen LogP contribution in [0.5, 0.6) is 0 Å². The van der Waals surface area contributed by atoms with Crippen molar-refractivity contribution in [1.82, 2.24) is 4.98 Å². The lowest BCUT2D eigenvalue weighted by Crippen LogP contribution is -2.12. The van der Waals surface area contributed by atoms with Gasteiger partial charge in [-0.05, 0) is 0 Å². The van der Waals surface area contributed by atoms with Crippen molar-refractivity contribution in [2.24, 2.45) is 0 Å². The molecule has 0 unspecified atom stereocenters. The first-order chi connectivity index (χ1) is 6.67. The molecule has 6 heteroatoms. The third-order valence-corrected chi connectivity index (χ3v) is 1.84. The Hall–Kier alpha value is -1.36. The number of nitrogens with one attached hydrogen (secondary N) is 1. The summed E-state index contributed by atoms with van der Waals surface area (Å²) in [5, 5.41) is 2.52. The highest BCUT2D eigenvalue weighted by Crippen LogP contribution is 2.19. The van der Waals surface area contributed by atoms with Crippen LogP contribution in [0.15, 0.2) is 12.3 Å². The van der Waals surface area contributed by atoms with Gasteiger partial charge in [0.15, 0.2) is 0 Å². The molecule has 0 aliphatic carbocycles. The molecule has 1 heterocycles. The van der Waals surface area contributed by atoms with Gasteiger partial charge in [0.25, 0.3) is 0 Å². The first-order valence-corrected chi connectivity index (χ1v) is 4.10. The Bertz CT molecular complexity index is 346. The van der Waals surface area contributed by atoms with Gasteiger partial charge in [-0.3, -0.25) is 5.32 Å². The molecule has 1 rings (SSSR count). The zero-order valence-electron chi connectivity index (χ0n) is 7.38. The smallest absolute Gasteiger partial charge is 0.412 e. The number of rotatable bonds is 2. The third kappa shape index (κ3) is 2.56. The van der Waals surface area contributed by atoms with E-state index >= 15 is 0 Å². The van der Waals surface area contributed by atoms with Gasteiger partial charge in [-0.1, -0.05) is 11.6 Å². The minimum Gasteiger partial charge on any atom is -0.453 e. The van der Waals surface area contributed by atoms with Gasteiger partial charge >= 0.3 is 6.09 Å². The summed E-state index contributed by atoms with van der Waals surface area (Å²) in [5.41, 5.74) is 0.280. The lowest BCUT2D eigenvalue weighted by molar-refractivity contribution is 0.187. The molecule has 0 aliphatic heterocycles. The fraction of sp³-hybridized carbons (Fsp3) is 0.250. The summed E-state index contributed by atoms with van der Waals surface area (Å²) < 4.78 is 16.6. The van der Waals surface area contributed by atoms with Crippen molar-refractivity contribution in [2.45, 2.75) is 6.67 Å². The lowest BCUT2D eigenvalue weighted by atomic mass is 10.3. The second-order valence-electron chi connectivity index (χ2n) is 2.41. The minimum atomic E-state index is -0.690. The van der Waals surface area contributed by atoms with Gasteiger partial charge < -0.3 is 4.74 Å². The van der Waals surface area contributed by atoms with Crippen molar-refractivity contribution in [3.8, 4) is 0 Å². The Morgan fingerprint density at radius 2 is 2.50 bits per heavy atom. The molecule has 0 spiro atoms. The number of carbonyl (C=O) groups is 1. The lowest BCUT2D eigenvalue weighted by Gasteiger charge is -2.04. The minimum absolute atomic E-state index is 0.217. The molecule has 4 nitrogen and oxygen atoms in total. The predicted octanol–water partition coefficient (Wildman–Crippen LogP) is 2.38. The van der Waals surface area contributed by atoms with E-state index in [1.165, 1.54) is 19.4 Å². The van der Waals surface area contributed by atoms with Crippen LogP contribution < -0.4 is 5.32 Å². The predicted molar refractivity (Wildman–Crippen MR) is 50.1 cm³/mol. The summed E-state index contributed by atoms with van der Waals surface area (Å²) >= 11 is 5.68. The second kappa shape index (κ2) is 4.76. The summed E-state index contributed by atoms with van der Waals surface area (Å²) in [7, 11) is 1.23. The number of amides is 1. The van der Waals surface area contributed by atoms with Crippen molar-refractivity contribution >= 4 is 23.5 Å². The number of aromatic nitrogens is 1. The van der Waals surface area contributed by atoms with Crippen molar-refractivity contribution in [3.63, 3.8) is 0 Å². The monoisotopic (exact) mass is 218 g/mol. The molecule has 14 heavy (non-hydrogen) atoms. The molecule has 1 N–H and O–H groups in total. The Morgan fingerprint density at radius 1 is 1.79 bits per heavy atom. The molecule has 0 saturated heterocycles. The SMILES string of the molecule is COC(=O)Nc1cc(Cl)c(CF)cn1. The first-order valence-electron chi connectivity index (χ1n) is 3.72. The van der Waals surface area contributed by atoms with Gasteiger partial charge in [-0.15, -0.1) is 0 Å². The van der Waals surface area contributed by atoms with Crippen LogP contribution in [0.3, 0.4) is 0 Å². The molecule has 0 saturated carbocycles. The maximum absolute atomic E-state index is 12.2. The van der Waals surface area contributed by atoms with Crippen molar-refractivity contribution < 1.29 is 13.9 Å². The van der Waals surface area contributed by atoms with Gasteiger partial charge in [0.1, 0.15) is 12.5 Å². The Balaban J connectivity index is 2.81. The molecule has 0 radical (unpaired) electrons. The zero-order chi connectivity index (χ0) is 10.6. The van der Waals surface area contributed by atoms with Crippen LogP contribution in [0.25, 0.3) is 0 Å². The van der Waals surface area contributed by atoms with E-state index in [0.29, 0.717) is 0 Å². The summed E-state index contributed by atoms with van der Waals surface area (Å²) in [4.78, 5) is 14.5. The number of anilines is 1. The highest BCUT2D eigenvalue weighted by Gasteiger charge is 2.05. The van der Waals surface area contributed by atoms with Crippen LogP contribution in [0, 0.1) is 0 Å². The van der Waals surface area contributed by atoms with E-state index in [-0.39, 0.29) is 16.4 Å². The number of nitrogens with zero attached hydrogens (tertiary/aromatic N) is 1. The Labute approximate surface area is 85.0 Å². The highest BCUT2D eigenvalue weighted by molar-refractivity contribution is 6.31. The number of methoxy groups -OCH3 is 1. The summed E-state index contributed by atoms with van der Waals surface area (Å²) in [5.74, 6) is 0.221. The van der Waals surface area contributed by atoms with Crippen LogP contribution in [-0.4, -0.2) is 18.2 Å². The highest BCUT2D eigenvalue weighted by atomic mass is 35.5. The first kappa shape index (κ1) is 10.7. The molecular formula is C8H8ClFN2O2. The van der Waals surface area contributed by atoms with Crippen LogP contribution in [0.4, 0.5) is 15.0 Å². The standard InChI is InChI=1S/C8H8ClFN2O2/c1-14-8(13)12-7-2-6(9)5(3-10)4-11-7/h2,4H,3H2,1H3,(H,11,12,13). The normalized spacial score (nSPS) is 9.64. The molecular weight excluding hydrogens is 211 g/mol. The number of carbonyl (C=O) groups excluding carboxylic acids is 1. The summed E-state index contributed by atoms with van der Waals surface area (Å²) in [6, 6.07) is 1.35. The fourth-order valence-electron chi connectivity index (χ4n) is 0.781. The maximum Gasteiger partial charge on any atom is 0.412 e. The molecule has 0 aromatic carbocycles. The molecule has 0 bridgehead atoms. The maximum atomic E-state index is 12.2. The number of pyridine rings is 1. The topological polar surface area (TPSA) is 51.2 Å². The van der Waals surface area contributed by atoms with Crippen molar-refractivity contribution in [2.75, 3.05) is 12.4 Å². The number of alkyl halides is 1. The van der Waals surface area contributed by atoms with Gasteiger partial charge in [0, 0.05) is 17.8 Å². The molecule has 0 atom stereocenters. The third-order valence-electron chi connectivity index (χ3n) is 1.49. The molecule has 1 aromatic rings. The molecule has 76 valence electrons. The van der Waals surface area contributed by atoms with Gasteiger partial charge in [-0.2, -0.15) is 0 Å². The summed E-state index contributed by atoms with van der Waals surface area (Å²) in [6.07, 6.45) is 0.606. The molecule has 0 fully saturated rings. The Morgan fingerprint density at radius 3 is 3.00 bits per heavy atom. The summed E-state index contributed by atoms with van der Waals surface area (Å²) in [6.45, 7) is -0.690. The number of halogens is 2. The number of hydrogen-bond donors (Lipinski definition) is 1. The largest absolute Gasteiger partial charge is 0.453 e. The van der Waals surface area contributed by atoms with E-state index < -0.39 is 12.8 Å². The van der Waals surface area contributed by atoms with E-state index in [0.717, 1.165) is 0 Å². The quantitative estimate of drug-likeness (QED) is 0.829. The van der Waals surface area contributed by atoms with Crippen LogP contribution in [-0.2, 0) is 11.4 Å². The van der Waals surface area contributed by atoms with Gasteiger partial charge in [0.05, 0.1) is 12.1 Å². The second-order valence-corrected chi connectivity index (χ2v) is 2.82. The van der Waals surface area contributed by atoms with Gasteiger partial charge in [-0.25, -0.2) is 14.2 Å². The molecule has 0 aliphatic rings. The average Bonchev–Trinajstić information content (AvgIpc) is 2.18. The average molecular weight is 219 g/mol. The zero-order valence-corrected chi connectivity index (χ0v) is 8.14. The molecule has 1 aromatic heterocycles. The van der Waals surface area contributed by atoms with Crippen molar-refractivity contribution in [3.05, 3.63) is 22.8 Å². The Kier molecular flexibility index (Phi) is 3.64. The van der Waals surface area contributed by atoms with Crippen LogP contribution in [0.2, 0.25) is 5.02 Å². The number of ether oxygens (including phenoxy) is 1. The van der Waals surface area contributed by atoms with E-state index in [1.54, 1.807) is 0 Å². The fourth-order valence-corrected chi connectivity index (χ4v) is 0.984. The van der Waals surface area contributed by atoms with E-state index in [2.05, 4.69) is 15.0 Å². The van der Waals surface area contributed by atoms with Crippen molar-refractivity contribution in [1.29, 1.82) is 0 Å². The van der Waals surface area contributed by atoms with Crippen LogP contribution in [0.1, 0.15) is 5.56 Å². The molecule has 1 amide bonds. The van der Waals surface area contributed by atoms with E-state index in [9.17, 15) is 9.18 Å². The van der Waals surface area contributed by atoms with E-state index in [1.807, 2.05) is 0 Å².